The largest absolute Gasteiger partial charge is 0.494 e. The van der Waals surface area contributed by atoms with Gasteiger partial charge in [-0.15, -0.1) is 0 Å². The van der Waals surface area contributed by atoms with Gasteiger partial charge in [0.25, 0.3) is 0 Å². The molecule has 0 atom stereocenters. The van der Waals surface area contributed by atoms with E-state index in [2.05, 4.69) is 12.2 Å². The number of nitrogens with one attached hydrogen (secondary N) is 1. The average Bonchev–Trinajstić information content (AvgIpc) is 2.79. The summed E-state index contributed by atoms with van der Waals surface area (Å²) >= 11 is 0. The first-order valence-corrected chi connectivity index (χ1v) is 12.4. The molecule has 0 radical (unpaired) electrons. The second-order valence-corrected chi connectivity index (χ2v) is 9.45. The van der Waals surface area contributed by atoms with Crippen molar-refractivity contribution in [1.82, 2.24) is 5.32 Å². The molecule has 168 valence electrons. The van der Waals surface area contributed by atoms with E-state index in [0.29, 0.717) is 18.6 Å². The van der Waals surface area contributed by atoms with Gasteiger partial charge in [-0.25, -0.2) is 8.42 Å². The molecular weight excluding hydrogens is 414 g/mol. The van der Waals surface area contributed by atoms with Crippen LogP contribution in [0.1, 0.15) is 55.8 Å². The van der Waals surface area contributed by atoms with Gasteiger partial charge in [-0.05, 0) is 49.2 Å². The number of Topliss-reactive ketones (excluding diaryl/α,β-unsaturated/α-hetero) is 1. The summed E-state index contributed by atoms with van der Waals surface area (Å²) in [4.78, 5) is 24.5. The average molecular weight is 446 g/mol. The summed E-state index contributed by atoms with van der Waals surface area (Å²) < 4.78 is 30.0. The van der Waals surface area contributed by atoms with E-state index in [1.807, 2.05) is 0 Å². The van der Waals surface area contributed by atoms with Gasteiger partial charge >= 0.3 is 0 Å². The predicted octanol–water partition coefficient (Wildman–Crippen LogP) is 4.20. The first kappa shape index (κ1) is 24.6. The number of hydrogen-bond acceptors (Lipinski definition) is 5. The Bertz CT molecular complexity index is 924. The number of benzene rings is 2. The number of ketones is 1. The molecule has 1 amide bonds. The van der Waals surface area contributed by atoms with Crippen LogP contribution < -0.4 is 10.1 Å². The molecule has 2 aromatic carbocycles. The maximum atomic E-state index is 12.3. The van der Waals surface area contributed by atoms with Crippen molar-refractivity contribution in [3.8, 4) is 5.75 Å². The molecule has 0 saturated carbocycles. The maximum Gasteiger partial charge on any atom is 0.220 e. The van der Waals surface area contributed by atoms with E-state index in [1.54, 1.807) is 54.6 Å². The number of carbonyl (C=O) groups excluding carboxylic acids is 2. The van der Waals surface area contributed by atoms with Crippen molar-refractivity contribution in [2.24, 2.45) is 0 Å². The van der Waals surface area contributed by atoms with Gasteiger partial charge in [-0.1, -0.05) is 38.0 Å². The van der Waals surface area contributed by atoms with Gasteiger partial charge in [0.2, 0.25) is 5.91 Å². The van der Waals surface area contributed by atoms with E-state index in [4.69, 9.17) is 4.74 Å². The third-order valence-corrected chi connectivity index (χ3v) is 6.60. The number of unbranched alkanes of at least 4 members (excludes halogenated alkanes) is 2. The molecule has 0 aliphatic rings. The van der Waals surface area contributed by atoms with Crippen LogP contribution in [-0.2, 0) is 14.6 Å². The number of rotatable bonds is 14. The van der Waals surface area contributed by atoms with Crippen LogP contribution in [0.25, 0.3) is 0 Å². The number of carbonyl (C=O) groups is 2. The van der Waals surface area contributed by atoms with Gasteiger partial charge in [-0.2, -0.15) is 0 Å². The first-order valence-electron chi connectivity index (χ1n) is 10.7. The molecule has 0 heterocycles. The van der Waals surface area contributed by atoms with Crippen molar-refractivity contribution < 1.29 is 22.7 Å². The summed E-state index contributed by atoms with van der Waals surface area (Å²) in [5, 5.41) is 2.68. The van der Waals surface area contributed by atoms with Gasteiger partial charge in [-0.3, -0.25) is 9.59 Å². The standard InChI is InChI=1S/C24H31NO5S/c1-2-3-7-18-30-21-13-11-20(12-14-21)23(26)15-16-24(27)25-17-8-19-31(28,29)22-9-5-4-6-10-22/h4-6,9-14H,2-3,7-8,15-19H2,1H3,(H,25,27). The molecule has 0 aliphatic carbocycles. The fourth-order valence-electron chi connectivity index (χ4n) is 2.97. The summed E-state index contributed by atoms with van der Waals surface area (Å²) in [7, 11) is -3.35. The van der Waals surface area contributed by atoms with Gasteiger partial charge < -0.3 is 10.1 Å². The normalized spacial score (nSPS) is 11.1. The minimum absolute atomic E-state index is 0.0386. The highest BCUT2D eigenvalue weighted by Gasteiger charge is 2.14. The van der Waals surface area contributed by atoms with Crippen LogP contribution in [0.5, 0.6) is 5.75 Å². The minimum atomic E-state index is -3.35. The molecule has 6 nitrogen and oxygen atoms in total. The Morgan fingerprint density at radius 1 is 0.903 bits per heavy atom. The summed E-state index contributed by atoms with van der Waals surface area (Å²) in [6.07, 6.45) is 3.75. The molecule has 7 heteroatoms. The highest BCUT2D eigenvalue weighted by molar-refractivity contribution is 7.91. The van der Waals surface area contributed by atoms with Crippen molar-refractivity contribution in [2.75, 3.05) is 18.9 Å². The zero-order valence-electron chi connectivity index (χ0n) is 18.0. The summed E-state index contributed by atoms with van der Waals surface area (Å²) in [5.74, 6) is 0.319. The zero-order chi connectivity index (χ0) is 22.5. The molecule has 0 saturated heterocycles. The van der Waals surface area contributed by atoms with Gasteiger partial charge in [0, 0.05) is 24.9 Å². The monoisotopic (exact) mass is 445 g/mol. The second-order valence-electron chi connectivity index (χ2n) is 7.34. The zero-order valence-corrected chi connectivity index (χ0v) is 18.8. The van der Waals surface area contributed by atoms with Crippen molar-refractivity contribution >= 4 is 21.5 Å². The summed E-state index contributed by atoms with van der Waals surface area (Å²) in [6, 6.07) is 15.2. The quantitative estimate of drug-likeness (QED) is 0.348. The van der Waals surface area contributed by atoms with Crippen LogP contribution in [-0.4, -0.2) is 39.0 Å². The lowest BCUT2D eigenvalue weighted by atomic mass is 10.1. The smallest absolute Gasteiger partial charge is 0.220 e. The third-order valence-electron chi connectivity index (χ3n) is 4.79. The topological polar surface area (TPSA) is 89.5 Å². The van der Waals surface area contributed by atoms with E-state index >= 15 is 0 Å². The Labute approximate surface area is 184 Å². The summed E-state index contributed by atoms with van der Waals surface area (Å²) in [5.41, 5.74) is 0.544. The lowest BCUT2D eigenvalue weighted by molar-refractivity contribution is -0.121. The molecular formula is C24H31NO5S. The Hall–Kier alpha value is -2.67. The van der Waals surface area contributed by atoms with Crippen LogP contribution in [0.15, 0.2) is 59.5 Å². The molecule has 0 aliphatic heterocycles. The molecule has 0 bridgehead atoms. The molecule has 0 fully saturated rings. The van der Waals surface area contributed by atoms with Crippen molar-refractivity contribution in [3.63, 3.8) is 0 Å². The fraction of sp³-hybridized carbons (Fsp3) is 0.417. The molecule has 0 spiro atoms. The van der Waals surface area contributed by atoms with E-state index in [0.717, 1.165) is 25.0 Å². The Morgan fingerprint density at radius 3 is 2.29 bits per heavy atom. The van der Waals surface area contributed by atoms with Crippen molar-refractivity contribution in [1.29, 1.82) is 0 Å². The van der Waals surface area contributed by atoms with Crippen LogP contribution in [0.3, 0.4) is 0 Å². The van der Waals surface area contributed by atoms with E-state index < -0.39 is 9.84 Å². The first-order chi connectivity index (χ1) is 14.9. The number of ether oxygens (including phenoxy) is 1. The van der Waals surface area contributed by atoms with Gasteiger partial charge in [0.05, 0.1) is 17.3 Å². The van der Waals surface area contributed by atoms with E-state index in [-0.39, 0.29) is 41.7 Å². The molecule has 0 aromatic heterocycles. The Balaban J connectivity index is 1.66. The van der Waals surface area contributed by atoms with Crippen molar-refractivity contribution in [3.05, 3.63) is 60.2 Å². The van der Waals surface area contributed by atoms with Crippen LogP contribution in [0, 0.1) is 0 Å². The second kappa shape index (κ2) is 12.9. The van der Waals surface area contributed by atoms with E-state index in [1.165, 1.54) is 0 Å². The molecule has 2 aromatic rings. The Kier molecular flexibility index (Phi) is 10.2. The maximum absolute atomic E-state index is 12.3. The van der Waals surface area contributed by atoms with Gasteiger partial charge in [0.1, 0.15) is 5.75 Å². The third kappa shape index (κ3) is 8.92. The fourth-order valence-corrected chi connectivity index (χ4v) is 4.31. The highest BCUT2D eigenvalue weighted by atomic mass is 32.2. The van der Waals surface area contributed by atoms with Crippen LogP contribution in [0.4, 0.5) is 0 Å². The van der Waals surface area contributed by atoms with Crippen LogP contribution >= 0.6 is 0 Å². The van der Waals surface area contributed by atoms with Crippen LogP contribution in [0.2, 0.25) is 0 Å². The lowest BCUT2D eigenvalue weighted by Gasteiger charge is -2.08. The SMILES string of the molecule is CCCCCOc1ccc(C(=O)CCC(=O)NCCCS(=O)(=O)c2ccccc2)cc1. The number of hydrogen-bond donors (Lipinski definition) is 1. The Morgan fingerprint density at radius 2 is 1.61 bits per heavy atom. The predicted molar refractivity (Wildman–Crippen MR) is 121 cm³/mol. The summed E-state index contributed by atoms with van der Waals surface area (Å²) in [6.45, 7) is 3.05. The van der Waals surface area contributed by atoms with Crippen molar-refractivity contribution in [2.45, 2.75) is 50.3 Å². The molecule has 0 unspecified atom stereocenters. The number of amides is 1. The number of sulfone groups is 1. The highest BCUT2D eigenvalue weighted by Crippen LogP contribution is 2.15. The van der Waals surface area contributed by atoms with Gasteiger partial charge in [0.15, 0.2) is 15.6 Å². The molecule has 2 rings (SSSR count). The molecule has 31 heavy (non-hydrogen) atoms. The van der Waals surface area contributed by atoms with E-state index in [9.17, 15) is 18.0 Å². The lowest BCUT2D eigenvalue weighted by Crippen LogP contribution is -2.26. The minimum Gasteiger partial charge on any atom is -0.494 e. The molecule has 1 N–H and O–H groups in total.